The summed E-state index contributed by atoms with van der Waals surface area (Å²) in [6.45, 7) is 9.12. The van der Waals surface area contributed by atoms with Crippen molar-refractivity contribution in [3.63, 3.8) is 0 Å². The Labute approximate surface area is 159 Å². The van der Waals surface area contributed by atoms with Crippen LogP contribution >= 0.6 is 0 Å². The fourth-order valence-electron chi connectivity index (χ4n) is 3.33. The van der Waals surface area contributed by atoms with E-state index in [-0.39, 0.29) is 11.5 Å². The molecule has 2 aromatic rings. The summed E-state index contributed by atoms with van der Waals surface area (Å²) in [6, 6.07) is 8.03. The maximum atomic E-state index is 12.3. The number of morpholine rings is 1. The van der Waals surface area contributed by atoms with Crippen LogP contribution in [0.5, 0.6) is 0 Å². The topological polar surface area (TPSA) is 74.4 Å². The van der Waals surface area contributed by atoms with Crippen molar-refractivity contribution in [2.45, 2.75) is 32.6 Å². The zero-order chi connectivity index (χ0) is 19.2. The predicted molar refractivity (Wildman–Crippen MR) is 107 cm³/mol. The van der Waals surface area contributed by atoms with Crippen molar-refractivity contribution in [3.05, 3.63) is 45.7 Å². The number of rotatable bonds is 7. The van der Waals surface area contributed by atoms with Crippen molar-refractivity contribution in [2.75, 3.05) is 39.4 Å². The van der Waals surface area contributed by atoms with Gasteiger partial charge in [0.2, 0.25) is 5.91 Å². The van der Waals surface area contributed by atoms with Crippen molar-refractivity contribution < 1.29 is 9.53 Å². The standard InChI is InChI=1S/C21H29N3O3/c1-15(2)16-3-5-19-18(13-16)14-17(21(26)23-19)4-6-20(25)22-7-8-24-9-11-27-12-10-24/h3,5,13-15H,4,6-12H2,1-2H3,(H,22,25)(H,23,26). The van der Waals surface area contributed by atoms with Gasteiger partial charge in [-0.1, -0.05) is 19.9 Å². The smallest absolute Gasteiger partial charge is 0.251 e. The number of pyridine rings is 1. The number of carbonyl (C=O) groups is 1. The summed E-state index contributed by atoms with van der Waals surface area (Å²) in [4.78, 5) is 29.6. The Hall–Kier alpha value is -2.18. The van der Waals surface area contributed by atoms with E-state index in [2.05, 4.69) is 35.1 Å². The molecule has 1 aromatic heterocycles. The van der Waals surface area contributed by atoms with Crippen LogP contribution in [0.3, 0.4) is 0 Å². The number of fused-ring (bicyclic) bond motifs is 1. The van der Waals surface area contributed by atoms with E-state index in [1.165, 1.54) is 5.56 Å². The zero-order valence-corrected chi connectivity index (χ0v) is 16.2. The van der Waals surface area contributed by atoms with E-state index in [1.807, 2.05) is 18.2 Å². The lowest BCUT2D eigenvalue weighted by Gasteiger charge is -2.26. The van der Waals surface area contributed by atoms with Crippen molar-refractivity contribution >= 4 is 16.8 Å². The molecule has 2 N–H and O–H groups in total. The largest absolute Gasteiger partial charge is 0.379 e. The number of aryl methyl sites for hydroxylation is 1. The van der Waals surface area contributed by atoms with Gasteiger partial charge in [0.05, 0.1) is 13.2 Å². The Bertz CT molecular complexity index is 838. The van der Waals surface area contributed by atoms with E-state index in [1.54, 1.807) is 0 Å². The first-order chi connectivity index (χ1) is 13.0. The molecule has 3 rings (SSSR count). The van der Waals surface area contributed by atoms with Crippen LogP contribution in [0.1, 0.15) is 37.3 Å². The SMILES string of the molecule is CC(C)c1ccc2[nH]c(=O)c(CCC(=O)NCCN3CCOCC3)cc2c1. The first-order valence-corrected chi connectivity index (χ1v) is 9.75. The Morgan fingerprint density at radius 1 is 1.26 bits per heavy atom. The average Bonchev–Trinajstić information content (AvgIpc) is 2.66. The lowest BCUT2D eigenvalue weighted by molar-refractivity contribution is -0.121. The van der Waals surface area contributed by atoms with E-state index in [9.17, 15) is 9.59 Å². The number of nitrogens with zero attached hydrogens (tertiary/aromatic N) is 1. The summed E-state index contributed by atoms with van der Waals surface area (Å²) in [5.41, 5.74) is 2.62. The van der Waals surface area contributed by atoms with E-state index < -0.39 is 0 Å². The molecule has 1 aliphatic rings. The van der Waals surface area contributed by atoms with Crippen molar-refractivity contribution in [1.82, 2.24) is 15.2 Å². The van der Waals surface area contributed by atoms with Gasteiger partial charge in [0.15, 0.2) is 0 Å². The predicted octanol–water partition coefficient (Wildman–Crippen LogP) is 2.03. The minimum absolute atomic E-state index is 0.0151. The van der Waals surface area contributed by atoms with Crippen LogP contribution < -0.4 is 10.9 Å². The molecule has 1 aliphatic heterocycles. The lowest BCUT2D eigenvalue weighted by Crippen LogP contribution is -2.41. The van der Waals surface area contributed by atoms with Gasteiger partial charge in [0, 0.05) is 43.7 Å². The number of ether oxygens (including phenoxy) is 1. The van der Waals surface area contributed by atoms with Crippen molar-refractivity contribution in [2.24, 2.45) is 0 Å². The fourth-order valence-corrected chi connectivity index (χ4v) is 3.33. The Morgan fingerprint density at radius 3 is 2.78 bits per heavy atom. The Morgan fingerprint density at radius 2 is 2.04 bits per heavy atom. The lowest BCUT2D eigenvalue weighted by atomic mass is 10.00. The van der Waals surface area contributed by atoms with Crippen LogP contribution in [0.15, 0.2) is 29.1 Å². The molecule has 0 spiro atoms. The maximum absolute atomic E-state index is 12.3. The second kappa shape index (κ2) is 9.15. The molecule has 1 amide bonds. The molecule has 1 saturated heterocycles. The molecular formula is C21H29N3O3. The molecule has 0 unspecified atom stereocenters. The molecule has 27 heavy (non-hydrogen) atoms. The summed E-state index contributed by atoms with van der Waals surface area (Å²) in [6.07, 6.45) is 0.766. The van der Waals surface area contributed by atoms with Gasteiger partial charge in [-0.15, -0.1) is 0 Å². The number of aromatic amines is 1. The molecule has 146 valence electrons. The minimum atomic E-state index is -0.110. The number of hydrogen-bond donors (Lipinski definition) is 2. The fraction of sp³-hybridized carbons (Fsp3) is 0.524. The highest BCUT2D eigenvalue weighted by atomic mass is 16.5. The third kappa shape index (κ3) is 5.40. The number of aromatic nitrogens is 1. The second-order valence-corrected chi connectivity index (χ2v) is 7.43. The minimum Gasteiger partial charge on any atom is -0.379 e. The number of H-pyrrole nitrogens is 1. The Balaban J connectivity index is 1.54. The third-order valence-corrected chi connectivity index (χ3v) is 5.09. The van der Waals surface area contributed by atoms with Gasteiger partial charge in [-0.25, -0.2) is 0 Å². The van der Waals surface area contributed by atoms with Gasteiger partial charge < -0.3 is 15.0 Å². The molecule has 0 radical (unpaired) electrons. The number of hydrogen-bond acceptors (Lipinski definition) is 4. The molecule has 1 aromatic carbocycles. The van der Waals surface area contributed by atoms with E-state index >= 15 is 0 Å². The number of nitrogens with one attached hydrogen (secondary N) is 2. The molecule has 6 nitrogen and oxygen atoms in total. The van der Waals surface area contributed by atoms with Gasteiger partial charge >= 0.3 is 0 Å². The zero-order valence-electron chi connectivity index (χ0n) is 16.2. The normalized spacial score (nSPS) is 15.4. The van der Waals surface area contributed by atoms with Crippen LogP contribution in [0.4, 0.5) is 0 Å². The number of carbonyl (C=O) groups excluding carboxylic acids is 1. The first-order valence-electron chi connectivity index (χ1n) is 9.75. The summed E-state index contributed by atoms with van der Waals surface area (Å²) < 4.78 is 5.32. The summed E-state index contributed by atoms with van der Waals surface area (Å²) in [5.74, 6) is 0.417. The monoisotopic (exact) mass is 371 g/mol. The van der Waals surface area contributed by atoms with Crippen LogP contribution in [0.2, 0.25) is 0 Å². The molecule has 6 heteroatoms. The van der Waals surface area contributed by atoms with Crippen molar-refractivity contribution in [1.29, 1.82) is 0 Å². The third-order valence-electron chi connectivity index (χ3n) is 5.09. The molecule has 0 bridgehead atoms. The van der Waals surface area contributed by atoms with Gasteiger partial charge in [0.1, 0.15) is 0 Å². The quantitative estimate of drug-likeness (QED) is 0.781. The van der Waals surface area contributed by atoms with Gasteiger partial charge in [-0.2, -0.15) is 0 Å². The number of benzene rings is 1. The van der Waals surface area contributed by atoms with Crippen LogP contribution in [-0.2, 0) is 16.0 Å². The Kier molecular flexibility index (Phi) is 6.63. The van der Waals surface area contributed by atoms with E-state index in [0.29, 0.717) is 30.9 Å². The van der Waals surface area contributed by atoms with Gasteiger partial charge in [0.25, 0.3) is 5.56 Å². The van der Waals surface area contributed by atoms with Crippen LogP contribution in [0, 0.1) is 0 Å². The highest BCUT2D eigenvalue weighted by molar-refractivity contribution is 5.80. The maximum Gasteiger partial charge on any atom is 0.251 e. The molecule has 0 aliphatic carbocycles. The van der Waals surface area contributed by atoms with Crippen molar-refractivity contribution in [3.8, 4) is 0 Å². The van der Waals surface area contributed by atoms with Gasteiger partial charge in [-0.3, -0.25) is 14.5 Å². The highest BCUT2D eigenvalue weighted by Crippen LogP contribution is 2.20. The molecule has 0 atom stereocenters. The first kappa shape index (κ1) is 19.6. The molecule has 2 heterocycles. The van der Waals surface area contributed by atoms with Gasteiger partial charge in [-0.05, 0) is 41.5 Å². The second-order valence-electron chi connectivity index (χ2n) is 7.43. The molecular weight excluding hydrogens is 342 g/mol. The molecule has 1 fully saturated rings. The van der Waals surface area contributed by atoms with E-state index in [4.69, 9.17) is 4.74 Å². The summed E-state index contributed by atoms with van der Waals surface area (Å²) >= 11 is 0. The van der Waals surface area contributed by atoms with Crippen LogP contribution in [-0.4, -0.2) is 55.2 Å². The summed E-state index contributed by atoms with van der Waals surface area (Å²) in [7, 11) is 0. The summed E-state index contributed by atoms with van der Waals surface area (Å²) in [5, 5.41) is 3.96. The van der Waals surface area contributed by atoms with E-state index in [0.717, 1.165) is 43.8 Å². The van der Waals surface area contributed by atoms with Crippen LogP contribution in [0.25, 0.3) is 10.9 Å². The highest BCUT2D eigenvalue weighted by Gasteiger charge is 2.11. The average molecular weight is 371 g/mol. The molecule has 0 saturated carbocycles. The number of amides is 1.